The maximum Gasteiger partial charge on any atom is 0.194 e. The van der Waals surface area contributed by atoms with Gasteiger partial charge < -0.3 is 15.0 Å². The number of fused-ring (bicyclic) bond motifs is 2. The fourth-order valence-electron chi connectivity index (χ4n) is 5.26. The zero-order chi connectivity index (χ0) is 15.8. The smallest absolute Gasteiger partial charge is 0.194 e. The standard InChI is InChI=1S/C18H31N3O.HI/c1-16(2)11-21(17(16,3)4)15(19-5)20-13-12-7-10-22-14(12)18(13)8-6-9-18;/h12-14H,6-11H2,1-5H3,(H,19,20);1H. The molecule has 2 aliphatic heterocycles. The van der Waals surface area contributed by atoms with Gasteiger partial charge in [0.05, 0.1) is 6.10 Å². The number of ether oxygens (including phenoxy) is 1. The first-order valence-corrected chi connectivity index (χ1v) is 8.96. The van der Waals surface area contributed by atoms with Crippen molar-refractivity contribution in [2.45, 2.75) is 71.1 Å². The van der Waals surface area contributed by atoms with Crippen molar-refractivity contribution in [2.24, 2.45) is 21.7 Å². The molecule has 1 spiro atoms. The van der Waals surface area contributed by atoms with E-state index in [0.29, 0.717) is 28.9 Å². The largest absolute Gasteiger partial charge is 0.377 e. The minimum Gasteiger partial charge on any atom is -0.377 e. The molecule has 4 rings (SSSR count). The summed E-state index contributed by atoms with van der Waals surface area (Å²) in [5.74, 6) is 1.81. The average Bonchev–Trinajstić information content (AvgIpc) is 2.81. The van der Waals surface area contributed by atoms with Crippen LogP contribution in [0.15, 0.2) is 4.99 Å². The summed E-state index contributed by atoms with van der Waals surface area (Å²) in [6.07, 6.45) is 5.77. The Morgan fingerprint density at radius 1 is 1.22 bits per heavy atom. The van der Waals surface area contributed by atoms with Crippen LogP contribution in [0.5, 0.6) is 0 Å². The molecule has 4 fully saturated rings. The van der Waals surface area contributed by atoms with Crippen LogP contribution in [-0.4, -0.2) is 48.7 Å². The van der Waals surface area contributed by atoms with Gasteiger partial charge in [-0.2, -0.15) is 0 Å². The highest BCUT2D eigenvalue weighted by molar-refractivity contribution is 14.0. The van der Waals surface area contributed by atoms with Crippen LogP contribution in [0.2, 0.25) is 0 Å². The molecule has 3 atom stereocenters. The van der Waals surface area contributed by atoms with Gasteiger partial charge in [-0.1, -0.05) is 20.3 Å². The molecule has 1 N–H and O–H groups in total. The van der Waals surface area contributed by atoms with Crippen molar-refractivity contribution in [1.82, 2.24) is 10.2 Å². The van der Waals surface area contributed by atoms with Crippen LogP contribution in [0, 0.1) is 16.7 Å². The van der Waals surface area contributed by atoms with E-state index >= 15 is 0 Å². The van der Waals surface area contributed by atoms with Crippen LogP contribution in [0.4, 0.5) is 0 Å². The molecule has 0 amide bonds. The minimum atomic E-state index is 0. The molecule has 2 saturated heterocycles. The average molecular weight is 433 g/mol. The molecule has 2 heterocycles. The summed E-state index contributed by atoms with van der Waals surface area (Å²) in [4.78, 5) is 7.08. The number of hydrogen-bond acceptors (Lipinski definition) is 2. The Labute approximate surface area is 157 Å². The molecule has 3 unspecified atom stereocenters. The molecule has 2 aliphatic carbocycles. The normalized spacial score (nSPS) is 38.7. The van der Waals surface area contributed by atoms with E-state index in [9.17, 15) is 0 Å². The second kappa shape index (κ2) is 5.48. The fraction of sp³-hybridized carbons (Fsp3) is 0.944. The number of guanidine groups is 1. The van der Waals surface area contributed by atoms with E-state index in [0.717, 1.165) is 19.1 Å². The zero-order valence-electron chi connectivity index (χ0n) is 15.2. The number of hydrogen-bond donors (Lipinski definition) is 1. The van der Waals surface area contributed by atoms with Gasteiger partial charge in [0.25, 0.3) is 0 Å². The fourth-order valence-corrected chi connectivity index (χ4v) is 5.26. The number of likely N-dealkylation sites (tertiary alicyclic amines) is 1. The Bertz CT molecular complexity index is 512. The van der Waals surface area contributed by atoms with Gasteiger partial charge in [-0.05, 0) is 33.1 Å². The third-order valence-electron chi connectivity index (χ3n) is 7.67. The highest BCUT2D eigenvalue weighted by Crippen LogP contribution is 2.63. The lowest BCUT2D eigenvalue weighted by molar-refractivity contribution is -0.173. The Morgan fingerprint density at radius 2 is 1.91 bits per heavy atom. The lowest BCUT2D eigenvalue weighted by atomic mass is 9.46. The van der Waals surface area contributed by atoms with Gasteiger partial charge in [-0.15, -0.1) is 24.0 Å². The molecule has 132 valence electrons. The summed E-state index contributed by atoms with van der Waals surface area (Å²) < 4.78 is 6.04. The van der Waals surface area contributed by atoms with Crippen LogP contribution in [0.25, 0.3) is 0 Å². The van der Waals surface area contributed by atoms with E-state index in [-0.39, 0.29) is 29.5 Å². The lowest BCUT2D eigenvalue weighted by Crippen LogP contribution is -2.77. The lowest BCUT2D eigenvalue weighted by Gasteiger charge is -2.66. The minimum absolute atomic E-state index is 0. The summed E-state index contributed by atoms with van der Waals surface area (Å²) in [6.45, 7) is 11.4. The third kappa shape index (κ3) is 2.14. The summed E-state index contributed by atoms with van der Waals surface area (Å²) in [7, 11) is 1.93. The highest BCUT2D eigenvalue weighted by Gasteiger charge is 2.67. The molecule has 4 aliphatic rings. The summed E-state index contributed by atoms with van der Waals surface area (Å²) in [5.41, 5.74) is 0.927. The molecule has 0 aromatic rings. The second-order valence-electron chi connectivity index (χ2n) is 9.03. The third-order valence-corrected chi connectivity index (χ3v) is 7.67. The van der Waals surface area contributed by atoms with Crippen LogP contribution >= 0.6 is 24.0 Å². The van der Waals surface area contributed by atoms with Crippen molar-refractivity contribution in [3.05, 3.63) is 0 Å². The maximum absolute atomic E-state index is 6.04. The van der Waals surface area contributed by atoms with Gasteiger partial charge >= 0.3 is 0 Å². The van der Waals surface area contributed by atoms with Crippen molar-refractivity contribution in [3.8, 4) is 0 Å². The molecular formula is C18H32IN3O. The van der Waals surface area contributed by atoms with Crippen LogP contribution in [0.1, 0.15) is 53.4 Å². The Kier molecular flexibility index (Phi) is 4.23. The Balaban J connectivity index is 0.00000156. The van der Waals surface area contributed by atoms with Crippen LogP contribution < -0.4 is 5.32 Å². The quantitative estimate of drug-likeness (QED) is 0.392. The van der Waals surface area contributed by atoms with E-state index in [4.69, 9.17) is 4.74 Å². The van der Waals surface area contributed by atoms with E-state index < -0.39 is 0 Å². The SMILES string of the molecule is CN=C(NC1C2CCOC2C12CCC2)N1CC(C)(C)C1(C)C.I. The molecule has 0 bridgehead atoms. The van der Waals surface area contributed by atoms with E-state index in [1.807, 2.05) is 7.05 Å². The molecule has 5 heteroatoms. The Morgan fingerprint density at radius 3 is 2.39 bits per heavy atom. The first-order valence-electron chi connectivity index (χ1n) is 8.96. The van der Waals surface area contributed by atoms with E-state index in [1.165, 1.54) is 25.7 Å². The van der Waals surface area contributed by atoms with E-state index in [1.54, 1.807) is 0 Å². The number of aliphatic imine (C=N–C) groups is 1. The van der Waals surface area contributed by atoms with Gasteiger partial charge in [-0.25, -0.2) is 0 Å². The number of rotatable bonds is 1. The Hall–Kier alpha value is -0.0400. The molecule has 0 aromatic heterocycles. The highest BCUT2D eigenvalue weighted by atomic mass is 127. The molecule has 4 nitrogen and oxygen atoms in total. The topological polar surface area (TPSA) is 36.9 Å². The van der Waals surface area contributed by atoms with Gasteiger partial charge in [0.2, 0.25) is 0 Å². The first-order chi connectivity index (χ1) is 10.3. The van der Waals surface area contributed by atoms with Gasteiger partial charge in [0.1, 0.15) is 0 Å². The zero-order valence-corrected chi connectivity index (χ0v) is 17.5. The molecule has 0 aromatic carbocycles. The number of halogens is 1. The van der Waals surface area contributed by atoms with Gasteiger partial charge in [-0.3, -0.25) is 4.99 Å². The number of nitrogens with one attached hydrogen (secondary N) is 1. The monoisotopic (exact) mass is 433 g/mol. The van der Waals surface area contributed by atoms with Crippen molar-refractivity contribution < 1.29 is 4.74 Å². The molecule has 23 heavy (non-hydrogen) atoms. The second-order valence-corrected chi connectivity index (χ2v) is 9.03. The predicted octanol–water partition coefficient (Wildman–Crippen LogP) is 3.26. The van der Waals surface area contributed by atoms with Crippen molar-refractivity contribution in [2.75, 3.05) is 20.2 Å². The molecule has 0 radical (unpaired) electrons. The maximum atomic E-state index is 6.04. The van der Waals surface area contributed by atoms with Crippen LogP contribution in [-0.2, 0) is 4.74 Å². The van der Waals surface area contributed by atoms with E-state index in [2.05, 4.69) is 42.9 Å². The summed E-state index contributed by atoms with van der Waals surface area (Å²) >= 11 is 0. The predicted molar refractivity (Wildman–Crippen MR) is 104 cm³/mol. The summed E-state index contributed by atoms with van der Waals surface area (Å²) in [5, 5.41) is 3.86. The molecular weight excluding hydrogens is 401 g/mol. The van der Waals surface area contributed by atoms with Crippen LogP contribution in [0.3, 0.4) is 0 Å². The van der Waals surface area contributed by atoms with Gasteiger partial charge in [0, 0.05) is 48.5 Å². The number of nitrogens with zero attached hydrogens (tertiary/aromatic N) is 2. The first kappa shape index (κ1) is 17.8. The van der Waals surface area contributed by atoms with Crippen molar-refractivity contribution in [1.29, 1.82) is 0 Å². The van der Waals surface area contributed by atoms with Crippen molar-refractivity contribution in [3.63, 3.8) is 0 Å². The summed E-state index contributed by atoms with van der Waals surface area (Å²) in [6, 6.07) is 0.576. The van der Waals surface area contributed by atoms with Crippen molar-refractivity contribution >= 4 is 29.9 Å². The molecule has 2 saturated carbocycles. The van der Waals surface area contributed by atoms with Gasteiger partial charge in [0.15, 0.2) is 5.96 Å².